The van der Waals surface area contributed by atoms with Gasteiger partial charge in [-0.05, 0) is 25.2 Å². The average Bonchev–Trinajstić information content (AvgIpc) is 2.99. The zero-order valence-electron chi connectivity index (χ0n) is 10.5. The first-order valence-electron chi connectivity index (χ1n) is 6.93. The SMILES string of the molecule is NC[C@H]1CC[C@@H](C(=O)NCCC2CCCC2)O1. The van der Waals surface area contributed by atoms with E-state index in [2.05, 4.69) is 5.32 Å². The number of amides is 1. The van der Waals surface area contributed by atoms with Crippen LogP contribution in [-0.2, 0) is 9.53 Å². The van der Waals surface area contributed by atoms with Gasteiger partial charge >= 0.3 is 0 Å². The van der Waals surface area contributed by atoms with Crippen molar-refractivity contribution in [1.29, 1.82) is 0 Å². The van der Waals surface area contributed by atoms with Crippen molar-refractivity contribution in [2.75, 3.05) is 13.1 Å². The van der Waals surface area contributed by atoms with Gasteiger partial charge in [0.05, 0.1) is 6.10 Å². The Morgan fingerprint density at radius 2 is 2.00 bits per heavy atom. The molecular weight excluding hydrogens is 216 g/mol. The Labute approximate surface area is 103 Å². The molecule has 2 atom stereocenters. The van der Waals surface area contributed by atoms with Crippen LogP contribution in [0.3, 0.4) is 0 Å². The minimum atomic E-state index is -0.257. The van der Waals surface area contributed by atoms with Crippen LogP contribution >= 0.6 is 0 Å². The van der Waals surface area contributed by atoms with Crippen molar-refractivity contribution in [1.82, 2.24) is 5.32 Å². The van der Waals surface area contributed by atoms with E-state index in [0.717, 1.165) is 31.7 Å². The number of nitrogens with two attached hydrogens (primary N) is 1. The van der Waals surface area contributed by atoms with Gasteiger partial charge in [-0.2, -0.15) is 0 Å². The Morgan fingerprint density at radius 1 is 1.24 bits per heavy atom. The summed E-state index contributed by atoms with van der Waals surface area (Å²) in [7, 11) is 0. The number of hydrogen-bond acceptors (Lipinski definition) is 3. The maximum Gasteiger partial charge on any atom is 0.249 e. The lowest BCUT2D eigenvalue weighted by Gasteiger charge is -2.14. The number of carbonyl (C=O) groups is 1. The first-order valence-corrected chi connectivity index (χ1v) is 6.93. The predicted molar refractivity (Wildman–Crippen MR) is 66.5 cm³/mol. The molecule has 98 valence electrons. The van der Waals surface area contributed by atoms with Crippen molar-refractivity contribution in [2.45, 2.75) is 57.2 Å². The van der Waals surface area contributed by atoms with Crippen LogP contribution in [0.4, 0.5) is 0 Å². The fourth-order valence-corrected chi connectivity index (χ4v) is 2.88. The van der Waals surface area contributed by atoms with E-state index in [9.17, 15) is 4.79 Å². The average molecular weight is 240 g/mol. The molecule has 1 aliphatic heterocycles. The van der Waals surface area contributed by atoms with Crippen LogP contribution in [-0.4, -0.2) is 31.2 Å². The first-order chi connectivity index (χ1) is 8.29. The lowest BCUT2D eigenvalue weighted by Crippen LogP contribution is -2.36. The highest BCUT2D eigenvalue weighted by Crippen LogP contribution is 2.27. The number of nitrogens with one attached hydrogen (secondary N) is 1. The summed E-state index contributed by atoms with van der Waals surface area (Å²) in [6.07, 6.45) is 8.08. The molecule has 1 aliphatic carbocycles. The fourth-order valence-electron chi connectivity index (χ4n) is 2.88. The van der Waals surface area contributed by atoms with Gasteiger partial charge in [0.2, 0.25) is 5.91 Å². The Morgan fingerprint density at radius 3 is 2.65 bits per heavy atom. The van der Waals surface area contributed by atoms with E-state index in [1.165, 1.54) is 25.7 Å². The van der Waals surface area contributed by atoms with E-state index >= 15 is 0 Å². The summed E-state index contributed by atoms with van der Waals surface area (Å²) in [4.78, 5) is 11.8. The highest BCUT2D eigenvalue weighted by Gasteiger charge is 2.29. The summed E-state index contributed by atoms with van der Waals surface area (Å²) < 4.78 is 5.56. The molecule has 3 N–H and O–H groups in total. The normalized spacial score (nSPS) is 29.7. The van der Waals surface area contributed by atoms with Gasteiger partial charge in [-0.3, -0.25) is 4.79 Å². The van der Waals surface area contributed by atoms with Gasteiger partial charge in [-0.25, -0.2) is 0 Å². The summed E-state index contributed by atoms with van der Waals surface area (Å²) in [6, 6.07) is 0. The monoisotopic (exact) mass is 240 g/mol. The zero-order valence-corrected chi connectivity index (χ0v) is 10.5. The van der Waals surface area contributed by atoms with Crippen molar-refractivity contribution in [3.05, 3.63) is 0 Å². The molecule has 1 saturated carbocycles. The molecule has 0 unspecified atom stereocenters. The maximum absolute atomic E-state index is 11.8. The van der Waals surface area contributed by atoms with Gasteiger partial charge < -0.3 is 15.8 Å². The third-order valence-corrected chi connectivity index (χ3v) is 3.99. The minimum absolute atomic E-state index is 0.0546. The van der Waals surface area contributed by atoms with E-state index in [-0.39, 0.29) is 18.1 Å². The summed E-state index contributed by atoms with van der Waals surface area (Å²) in [6.45, 7) is 1.32. The quantitative estimate of drug-likeness (QED) is 0.758. The second-order valence-corrected chi connectivity index (χ2v) is 5.29. The van der Waals surface area contributed by atoms with Crippen LogP contribution in [0.2, 0.25) is 0 Å². The molecule has 0 aromatic rings. The molecular formula is C13H24N2O2. The second-order valence-electron chi connectivity index (χ2n) is 5.29. The molecule has 17 heavy (non-hydrogen) atoms. The highest BCUT2D eigenvalue weighted by atomic mass is 16.5. The molecule has 4 heteroatoms. The van der Waals surface area contributed by atoms with Crippen LogP contribution < -0.4 is 11.1 Å². The van der Waals surface area contributed by atoms with Crippen LogP contribution in [0, 0.1) is 5.92 Å². The molecule has 0 radical (unpaired) electrons. The smallest absolute Gasteiger partial charge is 0.249 e. The van der Waals surface area contributed by atoms with E-state index in [4.69, 9.17) is 10.5 Å². The molecule has 2 fully saturated rings. The minimum Gasteiger partial charge on any atom is -0.364 e. The standard InChI is InChI=1S/C13H24N2O2/c14-9-11-5-6-12(17-11)13(16)15-8-7-10-3-1-2-4-10/h10-12H,1-9,14H2,(H,15,16)/t11-,12+/m1/s1. The lowest BCUT2D eigenvalue weighted by atomic mass is 10.0. The third-order valence-electron chi connectivity index (χ3n) is 3.99. The second kappa shape index (κ2) is 6.36. The van der Waals surface area contributed by atoms with Crippen LogP contribution in [0.1, 0.15) is 44.9 Å². The first kappa shape index (κ1) is 12.8. The molecule has 2 rings (SSSR count). The van der Waals surface area contributed by atoms with Gasteiger partial charge in [0.1, 0.15) is 6.10 Å². The largest absolute Gasteiger partial charge is 0.364 e. The Kier molecular flexibility index (Phi) is 4.80. The molecule has 0 aromatic heterocycles. The van der Waals surface area contributed by atoms with Crippen molar-refractivity contribution >= 4 is 5.91 Å². The number of hydrogen-bond donors (Lipinski definition) is 2. The van der Waals surface area contributed by atoms with Gasteiger partial charge in [0, 0.05) is 13.1 Å². The van der Waals surface area contributed by atoms with Crippen molar-refractivity contribution < 1.29 is 9.53 Å². The van der Waals surface area contributed by atoms with Gasteiger partial charge in [-0.1, -0.05) is 25.7 Å². The molecule has 0 bridgehead atoms. The van der Waals surface area contributed by atoms with E-state index in [1.807, 2.05) is 0 Å². The zero-order chi connectivity index (χ0) is 12.1. The van der Waals surface area contributed by atoms with E-state index in [0.29, 0.717) is 6.54 Å². The Balaban J connectivity index is 1.60. The molecule has 1 saturated heterocycles. The predicted octanol–water partition coefficient (Wildman–Crippen LogP) is 1.19. The number of carbonyl (C=O) groups excluding carboxylic acids is 1. The van der Waals surface area contributed by atoms with Crippen molar-refractivity contribution in [3.63, 3.8) is 0 Å². The van der Waals surface area contributed by atoms with Crippen LogP contribution in [0.5, 0.6) is 0 Å². The summed E-state index contributed by atoms with van der Waals surface area (Å²) in [5.41, 5.74) is 5.52. The molecule has 2 aliphatic rings. The Bertz CT molecular complexity index is 252. The molecule has 4 nitrogen and oxygen atoms in total. The van der Waals surface area contributed by atoms with Gasteiger partial charge in [-0.15, -0.1) is 0 Å². The number of rotatable bonds is 5. The lowest BCUT2D eigenvalue weighted by molar-refractivity contribution is -0.131. The molecule has 1 heterocycles. The van der Waals surface area contributed by atoms with Gasteiger partial charge in [0.25, 0.3) is 0 Å². The molecule has 0 aromatic carbocycles. The molecule has 1 amide bonds. The third kappa shape index (κ3) is 3.68. The topological polar surface area (TPSA) is 64.4 Å². The van der Waals surface area contributed by atoms with Crippen molar-refractivity contribution in [2.24, 2.45) is 11.7 Å². The van der Waals surface area contributed by atoms with Crippen LogP contribution in [0.15, 0.2) is 0 Å². The van der Waals surface area contributed by atoms with E-state index < -0.39 is 0 Å². The van der Waals surface area contributed by atoms with Crippen LogP contribution in [0.25, 0.3) is 0 Å². The summed E-state index contributed by atoms with van der Waals surface area (Å²) in [5.74, 6) is 0.885. The maximum atomic E-state index is 11.8. The molecule has 0 spiro atoms. The number of ether oxygens (including phenoxy) is 1. The van der Waals surface area contributed by atoms with Crippen molar-refractivity contribution in [3.8, 4) is 0 Å². The fraction of sp³-hybridized carbons (Fsp3) is 0.923. The summed E-state index contributed by atoms with van der Waals surface area (Å²) >= 11 is 0. The van der Waals surface area contributed by atoms with Gasteiger partial charge in [0.15, 0.2) is 0 Å². The van der Waals surface area contributed by atoms with E-state index in [1.54, 1.807) is 0 Å². The summed E-state index contributed by atoms with van der Waals surface area (Å²) in [5, 5.41) is 2.99. The Hall–Kier alpha value is -0.610. The highest BCUT2D eigenvalue weighted by molar-refractivity contribution is 5.80.